The number of amides is 1. The molecule has 9 heteroatoms. The van der Waals surface area contributed by atoms with Crippen LogP contribution in [-0.4, -0.2) is 44.1 Å². The molecule has 0 fully saturated rings. The molecule has 1 amide bonds. The second-order valence-electron chi connectivity index (χ2n) is 6.42. The largest absolute Gasteiger partial charge is 0.352 e. The molecule has 2 aromatic carbocycles. The lowest BCUT2D eigenvalue weighted by atomic mass is 10.2. The molecule has 1 aromatic heterocycles. The number of aromatic nitrogens is 1. The second kappa shape index (κ2) is 8.96. The van der Waals surface area contributed by atoms with Crippen LogP contribution in [0.1, 0.15) is 16.8 Å². The highest BCUT2D eigenvalue weighted by molar-refractivity contribution is 7.89. The molecule has 1 heterocycles. The first kappa shape index (κ1) is 21.3. The molecule has 0 bridgehead atoms. The molecule has 3 rings (SSSR count). The molecule has 154 valence electrons. The van der Waals surface area contributed by atoms with Gasteiger partial charge in [0.2, 0.25) is 0 Å². The van der Waals surface area contributed by atoms with Crippen LogP contribution in [0, 0.1) is 0 Å². The van der Waals surface area contributed by atoms with E-state index >= 15 is 0 Å². The summed E-state index contributed by atoms with van der Waals surface area (Å²) in [4.78, 5) is 17.0. The van der Waals surface area contributed by atoms with E-state index in [9.17, 15) is 13.2 Å². The topological polar surface area (TPSA) is 80.6 Å². The van der Waals surface area contributed by atoms with Crippen molar-refractivity contribution in [3.63, 3.8) is 0 Å². The summed E-state index contributed by atoms with van der Waals surface area (Å²) >= 11 is 6.02. The number of hydroxylamine groups is 1. The number of rotatable bonds is 8. The Morgan fingerprint density at radius 1 is 1.21 bits per heavy atom. The van der Waals surface area contributed by atoms with Gasteiger partial charge in [0.25, 0.3) is 15.9 Å². The lowest BCUT2D eigenvalue weighted by Crippen LogP contribution is -2.28. The zero-order chi connectivity index (χ0) is 21.0. The molecule has 0 unspecified atom stereocenters. The summed E-state index contributed by atoms with van der Waals surface area (Å²) in [5.41, 5.74) is 1.36. The third-order valence-corrected chi connectivity index (χ3v) is 6.77. The van der Waals surface area contributed by atoms with Gasteiger partial charge in [-0.3, -0.25) is 9.63 Å². The number of hydrogen-bond acceptors (Lipinski definition) is 4. The maximum Gasteiger partial charge on any atom is 0.266 e. The number of benzene rings is 2. The fourth-order valence-corrected chi connectivity index (χ4v) is 4.44. The highest BCUT2D eigenvalue weighted by Gasteiger charge is 2.25. The van der Waals surface area contributed by atoms with Crippen molar-refractivity contribution in [2.75, 3.05) is 20.7 Å². The average Bonchev–Trinajstić information content (AvgIpc) is 3.13. The number of sulfonamides is 1. The van der Waals surface area contributed by atoms with E-state index in [-0.39, 0.29) is 21.4 Å². The van der Waals surface area contributed by atoms with Crippen molar-refractivity contribution in [2.45, 2.75) is 17.9 Å². The Morgan fingerprint density at radius 2 is 1.97 bits per heavy atom. The van der Waals surface area contributed by atoms with Gasteiger partial charge in [0, 0.05) is 37.4 Å². The van der Waals surface area contributed by atoms with Gasteiger partial charge < -0.3 is 9.88 Å². The van der Waals surface area contributed by atoms with Gasteiger partial charge in [-0.15, -0.1) is 0 Å². The monoisotopic (exact) mass is 435 g/mol. The molecule has 3 aromatic rings. The number of carbonyl (C=O) groups is 1. The van der Waals surface area contributed by atoms with Crippen LogP contribution in [0.2, 0.25) is 5.02 Å². The third-order valence-electron chi connectivity index (χ3n) is 4.61. The molecule has 0 aliphatic carbocycles. The fourth-order valence-electron chi connectivity index (χ4n) is 2.97. The molecule has 29 heavy (non-hydrogen) atoms. The second-order valence-corrected chi connectivity index (χ2v) is 8.73. The summed E-state index contributed by atoms with van der Waals surface area (Å²) in [5, 5.41) is 4.01. The van der Waals surface area contributed by atoms with Gasteiger partial charge in [-0.2, -0.15) is 0 Å². The predicted molar refractivity (Wildman–Crippen MR) is 112 cm³/mol. The number of nitrogens with one attached hydrogen (secondary N) is 1. The predicted octanol–water partition coefficient (Wildman–Crippen LogP) is 3.30. The van der Waals surface area contributed by atoms with Crippen molar-refractivity contribution in [1.29, 1.82) is 0 Å². The van der Waals surface area contributed by atoms with Gasteiger partial charge in [-0.05, 0) is 42.1 Å². The van der Waals surface area contributed by atoms with E-state index < -0.39 is 10.0 Å². The molecule has 0 atom stereocenters. The van der Waals surface area contributed by atoms with Gasteiger partial charge >= 0.3 is 0 Å². The molecule has 0 aliphatic heterocycles. The standard InChI is InChI=1S/C20H22ClN3O4S/c1-23(28-2)29(26,27)19-14-16(8-9-17(19)21)20(25)22-11-5-12-24-13-10-15-6-3-4-7-18(15)24/h3-4,6-10,13-14H,5,11-12H2,1-2H3,(H,22,25). The van der Waals surface area contributed by atoms with Gasteiger partial charge in [0.05, 0.1) is 12.1 Å². The van der Waals surface area contributed by atoms with Gasteiger partial charge in [-0.25, -0.2) is 8.42 Å². The van der Waals surface area contributed by atoms with Crippen LogP contribution in [0.5, 0.6) is 0 Å². The Morgan fingerprint density at radius 3 is 2.72 bits per heavy atom. The van der Waals surface area contributed by atoms with Crippen molar-refractivity contribution >= 4 is 38.4 Å². The summed E-state index contributed by atoms with van der Waals surface area (Å²) in [6.45, 7) is 1.21. The summed E-state index contributed by atoms with van der Waals surface area (Å²) in [7, 11) is -1.47. The minimum absolute atomic E-state index is 0.0185. The van der Waals surface area contributed by atoms with Crippen LogP contribution in [0.15, 0.2) is 59.6 Å². The van der Waals surface area contributed by atoms with Crippen molar-refractivity contribution in [1.82, 2.24) is 14.4 Å². The SMILES string of the molecule is CON(C)S(=O)(=O)c1cc(C(=O)NCCCn2ccc3ccccc32)ccc1Cl. The Bertz CT molecular complexity index is 1130. The zero-order valence-corrected chi connectivity index (χ0v) is 17.7. The molecule has 0 saturated carbocycles. The summed E-state index contributed by atoms with van der Waals surface area (Å²) < 4.78 is 27.7. The maximum atomic E-state index is 12.4. The average molecular weight is 436 g/mol. The smallest absolute Gasteiger partial charge is 0.266 e. The highest BCUT2D eigenvalue weighted by Crippen LogP contribution is 2.25. The van der Waals surface area contributed by atoms with E-state index in [1.165, 1.54) is 37.7 Å². The summed E-state index contributed by atoms with van der Waals surface area (Å²) in [6, 6.07) is 14.3. The Labute approximate surface area is 174 Å². The number of aryl methyl sites for hydroxylation is 1. The van der Waals surface area contributed by atoms with Crippen LogP contribution < -0.4 is 5.32 Å². The number of fused-ring (bicyclic) bond motifs is 1. The zero-order valence-electron chi connectivity index (χ0n) is 16.1. The first-order chi connectivity index (χ1) is 13.8. The lowest BCUT2D eigenvalue weighted by molar-refractivity contribution is -0.0258. The number of carbonyl (C=O) groups excluding carboxylic acids is 1. The van der Waals surface area contributed by atoms with E-state index in [0.717, 1.165) is 18.5 Å². The summed E-state index contributed by atoms with van der Waals surface area (Å²) in [5.74, 6) is -0.365. The molecule has 0 radical (unpaired) electrons. The lowest BCUT2D eigenvalue weighted by Gasteiger charge is -2.16. The maximum absolute atomic E-state index is 12.4. The molecule has 7 nitrogen and oxygen atoms in total. The molecule has 1 N–H and O–H groups in total. The number of halogens is 1. The third kappa shape index (κ3) is 4.62. The quantitative estimate of drug-likeness (QED) is 0.435. The van der Waals surface area contributed by atoms with Crippen LogP contribution in [-0.2, 0) is 21.4 Å². The van der Waals surface area contributed by atoms with Gasteiger partial charge in [0.1, 0.15) is 4.90 Å². The molecular formula is C20H22ClN3O4S. The summed E-state index contributed by atoms with van der Waals surface area (Å²) in [6.07, 6.45) is 2.75. The van der Waals surface area contributed by atoms with E-state index in [1.807, 2.05) is 18.3 Å². The van der Waals surface area contributed by atoms with E-state index in [1.54, 1.807) is 0 Å². The van der Waals surface area contributed by atoms with E-state index in [4.69, 9.17) is 16.4 Å². The van der Waals surface area contributed by atoms with Crippen LogP contribution in [0.4, 0.5) is 0 Å². The van der Waals surface area contributed by atoms with Crippen molar-refractivity contribution in [2.24, 2.45) is 0 Å². The normalized spacial score (nSPS) is 11.9. The Kier molecular flexibility index (Phi) is 6.59. The van der Waals surface area contributed by atoms with Gasteiger partial charge in [-0.1, -0.05) is 34.3 Å². The number of hydrogen-bond donors (Lipinski definition) is 1. The highest BCUT2D eigenvalue weighted by atomic mass is 35.5. The van der Waals surface area contributed by atoms with E-state index in [2.05, 4.69) is 28.1 Å². The van der Waals surface area contributed by atoms with Crippen molar-refractivity contribution < 1.29 is 18.0 Å². The van der Waals surface area contributed by atoms with Crippen LogP contribution >= 0.6 is 11.6 Å². The minimum atomic E-state index is -3.96. The van der Waals surface area contributed by atoms with Crippen molar-refractivity contribution in [3.05, 3.63) is 65.3 Å². The van der Waals surface area contributed by atoms with Crippen LogP contribution in [0.3, 0.4) is 0 Å². The minimum Gasteiger partial charge on any atom is -0.352 e. The van der Waals surface area contributed by atoms with Gasteiger partial charge in [0.15, 0.2) is 0 Å². The molecule has 0 saturated heterocycles. The Balaban J connectivity index is 1.63. The molecule has 0 spiro atoms. The first-order valence-corrected chi connectivity index (χ1v) is 10.8. The number of nitrogens with zero attached hydrogens (tertiary/aromatic N) is 2. The Hall–Kier alpha value is -2.39. The molecular weight excluding hydrogens is 414 g/mol. The van der Waals surface area contributed by atoms with Crippen LogP contribution in [0.25, 0.3) is 10.9 Å². The van der Waals surface area contributed by atoms with Crippen molar-refractivity contribution in [3.8, 4) is 0 Å². The van der Waals surface area contributed by atoms with E-state index in [0.29, 0.717) is 11.0 Å². The number of para-hydroxylation sites is 1. The fraction of sp³-hybridized carbons (Fsp3) is 0.250. The first-order valence-electron chi connectivity index (χ1n) is 8.99. The molecule has 0 aliphatic rings.